The fourth-order valence-electron chi connectivity index (χ4n) is 3.92. The second-order valence-electron chi connectivity index (χ2n) is 8.52. The number of rotatable bonds is 8. The largest absolute Gasteiger partial charge is 0.494 e. The first kappa shape index (κ1) is 25.4. The molecule has 0 aliphatic carbocycles. The van der Waals surface area contributed by atoms with Crippen molar-refractivity contribution in [2.75, 3.05) is 16.7 Å². The lowest BCUT2D eigenvalue weighted by Crippen LogP contribution is -2.31. The summed E-state index contributed by atoms with van der Waals surface area (Å²) >= 11 is 1.35. The Labute approximate surface area is 224 Å². The third-order valence-electron chi connectivity index (χ3n) is 5.86. The van der Waals surface area contributed by atoms with Crippen LogP contribution in [0.4, 0.5) is 10.8 Å². The molecule has 2 heterocycles. The molecular formula is C28H24N4O4S2. The molecule has 5 aromatic rings. The van der Waals surface area contributed by atoms with E-state index in [4.69, 9.17) is 9.72 Å². The molecule has 0 spiro atoms. The predicted molar refractivity (Wildman–Crippen MR) is 149 cm³/mol. The van der Waals surface area contributed by atoms with E-state index in [2.05, 4.69) is 9.71 Å². The number of methoxy groups -OCH3 is 1. The van der Waals surface area contributed by atoms with Crippen molar-refractivity contribution in [3.8, 4) is 5.75 Å². The van der Waals surface area contributed by atoms with Gasteiger partial charge in [-0.05, 0) is 55.0 Å². The van der Waals surface area contributed by atoms with Crippen LogP contribution < -0.4 is 14.4 Å². The van der Waals surface area contributed by atoms with Crippen molar-refractivity contribution in [2.24, 2.45) is 0 Å². The van der Waals surface area contributed by atoms with E-state index < -0.39 is 15.9 Å². The molecule has 0 fully saturated rings. The molecule has 0 radical (unpaired) electrons. The number of aromatic nitrogens is 2. The zero-order chi connectivity index (χ0) is 26.7. The number of nitrogens with zero attached hydrogens (tertiary/aromatic N) is 3. The summed E-state index contributed by atoms with van der Waals surface area (Å²) in [7, 11) is -2.35. The van der Waals surface area contributed by atoms with Crippen molar-refractivity contribution in [1.29, 1.82) is 0 Å². The van der Waals surface area contributed by atoms with Gasteiger partial charge >= 0.3 is 0 Å². The molecule has 0 saturated carbocycles. The monoisotopic (exact) mass is 544 g/mol. The number of pyridine rings is 1. The molecule has 0 saturated heterocycles. The molecule has 1 amide bonds. The van der Waals surface area contributed by atoms with Gasteiger partial charge in [-0.2, -0.15) is 0 Å². The number of aryl methyl sites for hydroxylation is 1. The minimum atomic E-state index is -3.93. The lowest BCUT2D eigenvalue weighted by atomic mass is 10.1. The van der Waals surface area contributed by atoms with Crippen molar-refractivity contribution in [3.63, 3.8) is 0 Å². The highest BCUT2D eigenvalue weighted by atomic mass is 32.2. The van der Waals surface area contributed by atoms with Crippen LogP contribution in [0.15, 0.2) is 96.2 Å². The lowest BCUT2D eigenvalue weighted by Gasteiger charge is -2.22. The average Bonchev–Trinajstić information content (AvgIpc) is 3.36. The Morgan fingerprint density at radius 3 is 2.53 bits per heavy atom. The molecule has 3 aromatic carbocycles. The number of thiazole rings is 1. The first-order valence-electron chi connectivity index (χ1n) is 11.7. The van der Waals surface area contributed by atoms with Crippen LogP contribution in [0.5, 0.6) is 5.75 Å². The first-order valence-corrected chi connectivity index (χ1v) is 14.0. The number of carbonyl (C=O) groups is 1. The number of sulfonamides is 1. The highest BCUT2D eigenvalue weighted by Gasteiger charge is 2.26. The number of amides is 1. The van der Waals surface area contributed by atoms with Crippen molar-refractivity contribution in [1.82, 2.24) is 9.97 Å². The van der Waals surface area contributed by atoms with Gasteiger partial charge in [0.2, 0.25) is 0 Å². The molecule has 0 unspecified atom stereocenters. The number of benzene rings is 3. The Balaban J connectivity index is 1.56. The van der Waals surface area contributed by atoms with Gasteiger partial charge in [-0.1, -0.05) is 53.3 Å². The van der Waals surface area contributed by atoms with Crippen LogP contribution >= 0.6 is 11.3 Å². The van der Waals surface area contributed by atoms with Gasteiger partial charge in [0.15, 0.2) is 5.13 Å². The van der Waals surface area contributed by atoms with E-state index in [1.54, 1.807) is 62.0 Å². The van der Waals surface area contributed by atoms with E-state index in [1.807, 2.05) is 31.2 Å². The number of anilines is 2. The van der Waals surface area contributed by atoms with E-state index in [0.29, 0.717) is 16.4 Å². The molecule has 8 nitrogen and oxygen atoms in total. The molecule has 2 aromatic heterocycles. The standard InChI is InChI=1S/C28H24N4O4S2/c1-19-12-14-21(15-13-19)38(34,35)31-23-9-4-3-8-22(23)27(33)32(18-20-7-6-16-29-17-20)28-30-26-24(36-2)10-5-11-25(26)37-28/h3-17,31H,18H2,1-2H3. The van der Waals surface area contributed by atoms with Crippen molar-refractivity contribution in [2.45, 2.75) is 18.4 Å². The number of carbonyl (C=O) groups excluding carboxylic acids is 1. The van der Waals surface area contributed by atoms with E-state index in [1.165, 1.54) is 28.4 Å². The second-order valence-corrected chi connectivity index (χ2v) is 11.2. The fourth-order valence-corrected chi connectivity index (χ4v) is 5.98. The van der Waals surface area contributed by atoms with E-state index in [9.17, 15) is 13.2 Å². The number of fused-ring (bicyclic) bond motifs is 1. The number of nitrogens with one attached hydrogen (secondary N) is 1. The zero-order valence-electron chi connectivity index (χ0n) is 20.7. The smallest absolute Gasteiger partial charge is 0.262 e. The van der Waals surface area contributed by atoms with Crippen molar-refractivity contribution in [3.05, 3.63) is 108 Å². The zero-order valence-corrected chi connectivity index (χ0v) is 22.3. The second kappa shape index (κ2) is 10.6. The average molecular weight is 545 g/mol. The van der Waals surface area contributed by atoms with Gasteiger partial charge in [0.1, 0.15) is 11.3 Å². The van der Waals surface area contributed by atoms with Crippen LogP contribution in [-0.4, -0.2) is 31.4 Å². The maximum Gasteiger partial charge on any atom is 0.262 e. The molecule has 0 bridgehead atoms. The van der Waals surface area contributed by atoms with Crippen molar-refractivity contribution >= 4 is 48.3 Å². The molecule has 0 aliphatic heterocycles. The Bertz CT molecular complexity index is 1700. The van der Waals surface area contributed by atoms with Crippen LogP contribution in [0.3, 0.4) is 0 Å². The minimum absolute atomic E-state index is 0.107. The third-order valence-corrected chi connectivity index (χ3v) is 8.29. The SMILES string of the molecule is COc1cccc2sc(N(Cc3cccnc3)C(=O)c3ccccc3NS(=O)(=O)c3ccc(C)cc3)nc12. The fraction of sp³-hybridized carbons (Fsp3) is 0.107. The molecule has 1 N–H and O–H groups in total. The molecule has 38 heavy (non-hydrogen) atoms. The van der Waals surface area contributed by atoms with Gasteiger partial charge in [0, 0.05) is 12.4 Å². The summed E-state index contributed by atoms with van der Waals surface area (Å²) in [5.41, 5.74) is 2.75. The third kappa shape index (κ3) is 5.22. The lowest BCUT2D eigenvalue weighted by molar-refractivity contribution is 0.0986. The molecule has 0 atom stereocenters. The topological polar surface area (TPSA) is 101 Å². The minimum Gasteiger partial charge on any atom is -0.494 e. The Morgan fingerprint density at radius 2 is 1.79 bits per heavy atom. The molecule has 5 rings (SSSR count). The van der Waals surface area contributed by atoms with Gasteiger partial charge in [0.25, 0.3) is 15.9 Å². The maximum absolute atomic E-state index is 14.1. The summed E-state index contributed by atoms with van der Waals surface area (Å²) in [6, 6.07) is 22.3. The molecular weight excluding hydrogens is 520 g/mol. The molecule has 10 heteroatoms. The quantitative estimate of drug-likeness (QED) is 0.271. The molecule has 192 valence electrons. The summed E-state index contributed by atoms with van der Waals surface area (Å²) in [6.45, 7) is 2.07. The van der Waals surface area contributed by atoms with E-state index in [-0.39, 0.29) is 22.7 Å². The summed E-state index contributed by atoms with van der Waals surface area (Å²) in [5.74, 6) is 0.194. The van der Waals surface area contributed by atoms with Crippen molar-refractivity contribution < 1.29 is 17.9 Å². The summed E-state index contributed by atoms with van der Waals surface area (Å²) in [6.07, 6.45) is 3.34. The molecule has 0 aliphatic rings. The maximum atomic E-state index is 14.1. The van der Waals surface area contributed by atoms with Crippen LogP contribution in [-0.2, 0) is 16.6 Å². The van der Waals surface area contributed by atoms with Crippen LogP contribution in [0.2, 0.25) is 0 Å². The first-order chi connectivity index (χ1) is 18.4. The highest BCUT2D eigenvalue weighted by Crippen LogP contribution is 2.36. The number of hydrogen-bond acceptors (Lipinski definition) is 7. The van der Waals surface area contributed by atoms with Gasteiger partial charge in [0.05, 0.1) is 34.5 Å². The van der Waals surface area contributed by atoms with Gasteiger partial charge < -0.3 is 4.74 Å². The normalized spacial score (nSPS) is 11.3. The van der Waals surface area contributed by atoms with Gasteiger partial charge in [-0.15, -0.1) is 0 Å². The van der Waals surface area contributed by atoms with E-state index >= 15 is 0 Å². The van der Waals surface area contributed by atoms with Crippen LogP contribution in [0, 0.1) is 6.92 Å². The van der Waals surface area contributed by atoms with E-state index in [0.717, 1.165) is 15.8 Å². The van der Waals surface area contributed by atoms with Crippen LogP contribution in [0.25, 0.3) is 10.2 Å². The Morgan fingerprint density at radius 1 is 1.00 bits per heavy atom. The summed E-state index contributed by atoms with van der Waals surface area (Å²) in [4.78, 5) is 24.6. The number of hydrogen-bond donors (Lipinski definition) is 1. The number of para-hydroxylation sites is 2. The van der Waals surface area contributed by atoms with Crippen LogP contribution in [0.1, 0.15) is 21.5 Å². The van der Waals surface area contributed by atoms with Gasteiger partial charge in [-0.25, -0.2) is 13.4 Å². The summed E-state index contributed by atoms with van der Waals surface area (Å²) < 4.78 is 35.2. The predicted octanol–water partition coefficient (Wildman–Crippen LogP) is 5.66. The Hall–Kier alpha value is -4.28. The highest BCUT2D eigenvalue weighted by molar-refractivity contribution is 7.92. The Kier molecular flexibility index (Phi) is 7.08. The summed E-state index contributed by atoms with van der Waals surface area (Å²) in [5, 5.41) is 0.453. The van der Waals surface area contributed by atoms with Gasteiger partial charge in [-0.3, -0.25) is 19.4 Å². The number of ether oxygens (including phenoxy) is 1.